The second-order valence-electron chi connectivity index (χ2n) is 20.9. The molecule has 3 heterocycles. The number of hydrogen-bond acceptors (Lipinski definition) is 1. The van der Waals surface area contributed by atoms with Crippen molar-refractivity contribution in [3.8, 4) is 22.3 Å². The number of fused-ring (bicyclic) bond motifs is 22. The van der Waals surface area contributed by atoms with Gasteiger partial charge >= 0.3 is 0 Å². The third-order valence-corrected chi connectivity index (χ3v) is 22.1. The van der Waals surface area contributed by atoms with Crippen molar-refractivity contribution < 1.29 is 0 Å². The summed E-state index contributed by atoms with van der Waals surface area (Å²) in [6.45, 7) is 14.5. The first-order valence-electron chi connectivity index (χ1n) is 23.7. The van der Waals surface area contributed by atoms with Gasteiger partial charge in [-0.25, -0.2) is 0 Å². The molecule has 0 fully saturated rings. The number of aryl methyl sites for hydroxylation is 2. The van der Waals surface area contributed by atoms with Crippen LogP contribution in [0.5, 0.6) is 0 Å². The summed E-state index contributed by atoms with van der Waals surface area (Å²) in [4.78, 5) is 2.74. The van der Waals surface area contributed by atoms with Crippen molar-refractivity contribution >= 4 is 45.9 Å². The zero-order valence-corrected chi connectivity index (χ0v) is 39.0. The predicted octanol–water partition coefficient (Wildman–Crippen LogP) is 12.6. The van der Waals surface area contributed by atoms with Gasteiger partial charge in [-0.2, -0.15) is 0 Å². The zero-order valence-electron chi connectivity index (χ0n) is 38.0. The maximum absolute atomic E-state index is 2.74. The fourth-order valence-corrected chi connectivity index (χ4v) is 20.1. The lowest BCUT2D eigenvalue weighted by Gasteiger charge is -2.53. The second-order valence-corrected chi connectivity index (χ2v) is 24.6. The molecule has 2 atom stereocenters. The molecular formula is C63H51NSi. The summed E-state index contributed by atoms with van der Waals surface area (Å²) in [6, 6.07) is 64.9. The van der Waals surface area contributed by atoms with Gasteiger partial charge in [-0.05, 0) is 131 Å². The molecule has 65 heavy (non-hydrogen) atoms. The second kappa shape index (κ2) is 12.5. The van der Waals surface area contributed by atoms with Crippen LogP contribution in [0.1, 0.15) is 89.2 Å². The summed E-state index contributed by atoms with van der Waals surface area (Å²) < 4.78 is 0. The van der Waals surface area contributed by atoms with Crippen molar-refractivity contribution in [2.24, 2.45) is 5.92 Å². The molecule has 0 saturated carbocycles. The Morgan fingerprint density at radius 3 is 1.63 bits per heavy atom. The monoisotopic (exact) mass is 849 g/mol. The summed E-state index contributed by atoms with van der Waals surface area (Å²) in [5.41, 5.74) is 22.4. The molecule has 3 aliphatic carbocycles. The van der Waals surface area contributed by atoms with Gasteiger partial charge in [0.1, 0.15) is 0 Å². The van der Waals surface area contributed by atoms with Crippen molar-refractivity contribution in [1.82, 2.24) is 0 Å². The van der Waals surface area contributed by atoms with Crippen LogP contribution in [0.2, 0.25) is 0 Å². The van der Waals surface area contributed by atoms with Crippen LogP contribution in [0.15, 0.2) is 188 Å². The summed E-state index contributed by atoms with van der Waals surface area (Å²) >= 11 is 0. The molecule has 0 aromatic heterocycles. The number of benzene rings is 8. The van der Waals surface area contributed by atoms with Gasteiger partial charge in [0.15, 0.2) is 8.07 Å². The van der Waals surface area contributed by atoms with E-state index < -0.39 is 13.5 Å². The molecule has 0 N–H and O–H groups in total. The minimum Gasteiger partial charge on any atom is -0.310 e. The SMILES string of the molecule is Cc1ccc2c(c1)C1(c3ccccc3N(c3ccc4c(c3)[Si]3(c5ccccc5-c5ccccc53)c3ccccc3-4)c3c1ccc1c3C(C)(C)C3C=CC=CC13)c1cc(C)ccc1C2(C)C. The van der Waals surface area contributed by atoms with Gasteiger partial charge in [0.05, 0.1) is 16.8 Å². The first-order valence-corrected chi connectivity index (χ1v) is 25.7. The Morgan fingerprint density at radius 2 is 1.00 bits per heavy atom. The van der Waals surface area contributed by atoms with Crippen LogP contribution in [0.4, 0.5) is 17.1 Å². The largest absolute Gasteiger partial charge is 0.310 e. The average molecular weight is 850 g/mol. The highest BCUT2D eigenvalue weighted by Gasteiger charge is 2.58. The number of para-hydroxylation sites is 1. The highest BCUT2D eigenvalue weighted by atomic mass is 28.3. The number of hydrogen-bond donors (Lipinski definition) is 0. The molecule has 8 aromatic rings. The third-order valence-electron chi connectivity index (χ3n) is 17.1. The Hall–Kier alpha value is -6.74. The Morgan fingerprint density at radius 1 is 0.462 bits per heavy atom. The van der Waals surface area contributed by atoms with E-state index in [1.54, 1.807) is 0 Å². The van der Waals surface area contributed by atoms with Gasteiger partial charge in [0.25, 0.3) is 0 Å². The van der Waals surface area contributed by atoms with Gasteiger partial charge in [0, 0.05) is 17.0 Å². The van der Waals surface area contributed by atoms with E-state index in [0.717, 1.165) is 0 Å². The number of allylic oxidation sites excluding steroid dienone is 4. The van der Waals surface area contributed by atoms with Crippen molar-refractivity contribution in [1.29, 1.82) is 0 Å². The standard InChI is InChI=1S/C63H51NSi/c1-38-27-32-48-52(35-38)63(53-36-39(2)28-33-49(53)61(48,3)4)50-22-12-13-23-54(50)64(60-51(63)34-31-46-41-17-7-11-21-47(41)62(5,6)59(46)60)40-29-30-45-44-20-10-16-26-57(44)65(58(45)37-40)55-24-14-8-18-42(55)43-19-9-15-25-56(43)65/h7-37,41,47H,1-6H3. The lowest BCUT2D eigenvalue weighted by molar-refractivity contribution is 0.394. The molecule has 2 spiro atoms. The maximum atomic E-state index is 2.74. The normalized spacial score (nSPS) is 20.2. The minimum atomic E-state index is -2.71. The molecule has 0 saturated heterocycles. The molecule has 312 valence electrons. The van der Waals surface area contributed by atoms with Crippen LogP contribution in [0, 0.1) is 19.8 Å². The lowest BCUT2D eigenvalue weighted by Crippen LogP contribution is -2.70. The summed E-state index contributed by atoms with van der Waals surface area (Å²) in [5, 5.41) is 6.03. The molecule has 6 aliphatic rings. The minimum absolute atomic E-state index is 0.149. The summed E-state index contributed by atoms with van der Waals surface area (Å²) in [6.07, 6.45) is 9.53. The van der Waals surface area contributed by atoms with Gasteiger partial charge in [-0.1, -0.05) is 209 Å². The Labute approximate surface area is 384 Å². The molecule has 3 aliphatic heterocycles. The van der Waals surface area contributed by atoms with E-state index >= 15 is 0 Å². The smallest absolute Gasteiger partial charge is 0.182 e. The van der Waals surface area contributed by atoms with Gasteiger partial charge in [-0.3, -0.25) is 0 Å². The first-order chi connectivity index (χ1) is 31.6. The highest BCUT2D eigenvalue weighted by molar-refractivity contribution is 7.24. The fourth-order valence-electron chi connectivity index (χ4n) is 14.5. The highest BCUT2D eigenvalue weighted by Crippen LogP contribution is 2.67. The average Bonchev–Trinajstić information content (AvgIpc) is 3.88. The quantitative estimate of drug-likeness (QED) is 0.149. The molecule has 1 nitrogen and oxygen atoms in total. The van der Waals surface area contributed by atoms with E-state index in [1.165, 1.54) is 116 Å². The maximum Gasteiger partial charge on any atom is 0.182 e. The van der Waals surface area contributed by atoms with E-state index in [1.807, 2.05) is 0 Å². The van der Waals surface area contributed by atoms with E-state index in [9.17, 15) is 0 Å². The molecular weight excluding hydrogens is 799 g/mol. The van der Waals surface area contributed by atoms with Crippen molar-refractivity contribution in [2.75, 3.05) is 4.90 Å². The Balaban J connectivity index is 1.14. The number of rotatable bonds is 1. The van der Waals surface area contributed by atoms with Crippen molar-refractivity contribution in [2.45, 2.75) is 63.7 Å². The van der Waals surface area contributed by atoms with Crippen LogP contribution < -0.4 is 25.6 Å². The summed E-state index contributed by atoms with van der Waals surface area (Å²) in [5.74, 6) is 0.673. The molecule has 2 unspecified atom stereocenters. The van der Waals surface area contributed by atoms with Gasteiger partial charge < -0.3 is 4.90 Å². The van der Waals surface area contributed by atoms with Crippen LogP contribution in [-0.2, 0) is 16.2 Å². The molecule has 0 bridgehead atoms. The van der Waals surface area contributed by atoms with E-state index in [-0.39, 0.29) is 10.8 Å². The fraction of sp³-hybridized carbons (Fsp3) is 0.175. The van der Waals surface area contributed by atoms with Crippen LogP contribution >= 0.6 is 0 Å². The number of anilines is 3. The topological polar surface area (TPSA) is 3.24 Å². The Kier molecular flexibility index (Phi) is 7.25. The van der Waals surface area contributed by atoms with Gasteiger partial charge in [-0.15, -0.1) is 0 Å². The zero-order chi connectivity index (χ0) is 43.8. The van der Waals surface area contributed by atoms with Crippen molar-refractivity contribution in [3.05, 3.63) is 244 Å². The van der Waals surface area contributed by atoms with Crippen LogP contribution in [0.3, 0.4) is 0 Å². The lowest BCUT2D eigenvalue weighted by atomic mass is 9.52. The molecule has 8 aromatic carbocycles. The molecule has 2 heteroatoms. The third kappa shape index (κ3) is 4.36. The Bertz CT molecular complexity index is 3380. The molecule has 0 amide bonds. The van der Waals surface area contributed by atoms with Gasteiger partial charge in [0.2, 0.25) is 0 Å². The molecule has 0 radical (unpaired) electrons. The molecule has 14 rings (SSSR count). The van der Waals surface area contributed by atoms with Crippen LogP contribution in [-0.4, -0.2) is 8.07 Å². The first kappa shape index (κ1) is 37.6. The predicted molar refractivity (Wildman–Crippen MR) is 274 cm³/mol. The van der Waals surface area contributed by atoms with E-state index in [0.29, 0.717) is 11.8 Å². The van der Waals surface area contributed by atoms with Crippen molar-refractivity contribution in [3.63, 3.8) is 0 Å². The van der Waals surface area contributed by atoms with E-state index in [4.69, 9.17) is 0 Å². The number of nitrogens with zero attached hydrogens (tertiary/aromatic N) is 1. The van der Waals surface area contributed by atoms with E-state index in [2.05, 4.69) is 235 Å². The van der Waals surface area contributed by atoms with Crippen LogP contribution in [0.25, 0.3) is 22.3 Å². The summed E-state index contributed by atoms with van der Waals surface area (Å²) in [7, 11) is -2.71.